The average molecular weight is 432 g/mol. The van der Waals surface area contributed by atoms with Crippen LogP contribution in [0.4, 0.5) is 15.8 Å². The van der Waals surface area contributed by atoms with Gasteiger partial charge in [0, 0.05) is 34.3 Å². The number of nitrogens with zero attached hydrogens (tertiary/aromatic N) is 1. The van der Waals surface area contributed by atoms with E-state index >= 15 is 0 Å². The van der Waals surface area contributed by atoms with E-state index in [1.54, 1.807) is 13.0 Å². The van der Waals surface area contributed by atoms with Crippen molar-refractivity contribution in [3.05, 3.63) is 71.5 Å². The number of hydrogen-bond donors (Lipinski definition) is 0. The van der Waals surface area contributed by atoms with E-state index < -0.39 is 0 Å². The van der Waals surface area contributed by atoms with Crippen LogP contribution in [-0.4, -0.2) is 6.04 Å². The molecule has 3 heteroatoms. The fourth-order valence-corrected chi connectivity index (χ4v) is 4.48. The first-order chi connectivity index (χ1) is 15.2. The first-order valence-electron chi connectivity index (χ1n) is 11.8. The number of aryl methyl sites for hydroxylation is 1. The first-order valence-corrected chi connectivity index (χ1v) is 11.8. The molecule has 1 unspecified atom stereocenters. The van der Waals surface area contributed by atoms with Crippen LogP contribution in [0.25, 0.3) is 21.9 Å². The van der Waals surface area contributed by atoms with Crippen molar-refractivity contribution in [3.8, 4) is 0 Å². The van der Waals surface area contributed by atoms with E-state index in [9.17, 15) is 4.39 Å². The minimum absolute atomic E-state index is 0.111. The predicted octanol–water partition coefficient (Wildman–Crippen LogP) is 9.05. The van der Waals surface area contributed by atoms with Crippen molar-refractivity contribution in [2.24, 2.45) is 0 Å². The topological polar surface area (TPSA) is 16.4 Å². The summed E-state index contributed by atoms with van der Waals surface area (Å²) in [6, 6.07) is 18.7. The average Bonchev–Trinajstić information content (AvgIpc) is 3.13. The molecule has 0 saturated carbocycles. The summed E-state index contributed by atoms with van der Waals surface area (Å²) in [7, 11) is 0. The lowest BCUT2D eigenvalue weighted by atomic mass is 9.82. The van der Waals surface area contributed by atoms with Crippen LogP contribution in [0.1, 0.15) is 65.0 Å². The third kappa shape index (κ3) is 4.01. The van der Waals surface area contributed by atoms with Gasteiger partial charge < -0.3 is 9.32 Å². The molecule has 2 nitrogen and oxygen atoms in total. The molecule has 4 rings (SSSR count). The predicted molar refractivity (Wildman–Crippen MR) is 135 cm³/mol. The Morgan fingerprint density at radius 2 is 1.53 bits per heavy atom. The third-order valence-corrected chi connectivity index (χ3v) is 6.98. The lowest BCUT2D eigenvalue weighted by Gasteiger charge is -2.31. The maximum Gasteiger partial charge on any atom is 0.137 e. The summed E-state index contributed by atoms with van der Waals surface area (Å²) in [4.78, 5) is 2.23. The summed E-state index contributed by atoms with van der Waals surface area (Å²) >= 11 is 0. The van der Waals surface area contributed by atoms with Gasteiger partial charge in [0.05, 0.1) is 0 Å². The van der Waals surface area contributed by atoms with E-state index in [4.69, 9.17) is 4.42 Å². The van der Waals surface area contributed by atoms with Gasteiger partial charge in [0.2, 0.25) is 0 Å². The van der Waals surface area contributed by atoms with Crippen molar-refractivity contribution in [3.63, 3.8) is 0 Å². The molecule has 0 saturated heterocycles. The van der Waals surface area contributed by atoms with Crippen molar-refractivity contribution in [2.75, 3.05) is 4.90 Å². The molecule has 0 radical (unpaired) electrons. The van der Waals surface area contributed by atoms with E-state index in [-0.39, 0.29) is 17.3 Å². The van der Waals surface area contributed by atoms with Gasteiger partial charge in [-0.15, -0.1) is 0 Å². The van der Waals surface area contributed by atoms with Gasteiger partial charge in [0.15, 0.2) is 0 Å². The van der Waals surface area contributed by atoms with E-state index in [1.807, 2.05) is 12.1 Å². The number of benzene rings is 3. The maximum atomic E-state index is 14.4. The quantitative estimate of drug-likeness (QED) is 0.290. The second-order valence-corrected chi connectivity index (χ2v) is 9.67. The summed E-state index contributed by atoms with van der Waals surface area (Å²) in [6.45, 7) is 12.9. The highest BCUT2D eigenvalue weighted by atomic mass is 19.1. The molecule has 0 spiro atoms. The van der Waals surface area contributed by atoms with Gasteiger partial charge in [-0.25, -0.2) is 4.39 Å². The Balaban J connectivity index is 1.83. The summed E-state index contributed by atoms with van der Waals surface area (Å²) in [5.74, 6) is -0.174. The van der Waals surface area contributed by atoms with Gasteiger partial charge in [-0.05, 0) is 73.6 Å². The molecule has 1 heterocycles. The number of furan rings is 1. The molecule has 3 aromatic carbocycles. The molecule has 1 aromatic heterocycles. The van der Waals surface area contributed by atoms with Gasteiger partial charge in [-0.3, -0.25) is 0 Å². The van der Waals surface area contributed by atoms with Crippen LogP contribution in [-0.2, 0) is 5.41 Å². The highest BCUT2D eigenvalue weighted by Crippen LogP contribution is 2.38. The second-order valence-electron chi connectivity index (χ2n) is 9.67. The second kappa shape index (κ2) is 8.61. The molecule has 0 fully saturated rings. The first kappa shape index (κ1) is 22.4. The fraction of sp³-hybridized carbons (Fsp3) is 0.379. The van der Waals surface area contributed by atoms with E-state index in [0.29, 0.717) is 5.56 Å². The SMILES string of the molecule is CCCC(C)N(c1ccc(C)c(F)c1)c1ccc2c(c1)oc1cc(C(C)(C)CC)ccc12. The lowest BCUT2D eigenvalue weighted by Crippen LogP contribution is -2.28. The molecule has 0 aliphatic carbocycles. The maximum absolute atomic E-state index is 14.4. The molecule has 0 bridgehead atoms. The van der Waals surface area contributed by atoms with Crippen LogP contribution in [0.3, 0.4) is 0 Å². The normalized spacial score (nSPS) is 13.1. The van der Waals surface area contributed by atoms with Crippen molar-refractivity contribution < 1.29 is 8.81 Å². The van der Waals surface area contributed by atoms with Crippen LogP contribution >= 0.6 is 0 Å². The standard InChI is InChI=1S/C29H34FNO/c1-7-9-20(4)31(22-12-10-19(3)26(30)17-22)23-13-15-25-24-14-11-21(29(5,6)8-2)16-27(24)32-28(25)18-23/h10-18,20H,7-9H2,1-6H3. The lowest BCUT2D eigenvalue weighted by molar-refractivity contribution is 0.505. The Kier molecular flexibility index (Phi) is 6.03. The summed E-state index contributed by atoms with van der Waals surface area (Å²) in [5.41, 5.74) is 5.75. The number of anilines is 2. The van der Waals surface area contributed by atoms with Gasteiger partial charge in [0.1, 0.15) is 17.0 Å². The van der Waals surface area contributed by atoms with E-state index in [1.165, 1.54) is 5.56 Å². The molecule has 0 N–H and O–H groups in total. The highest BCUT2D eigenvalue weighted by Gasteiger charge is 2.21. The number of rotatable bonds is 7. The molecule has 0 amide bonds. The smallest absolute Gasteiger partial charge is 0.137 e. The summed E-state index contributed by atoms with van der Waals surface area (Å²) in [5, 5.41) is 2.25. The molecule has 32 heavy (non-hydrogen) atoms. The Labute approximate surface area is 191 Å². The molecule has 0 aliphatic heterocycles. The molecule has 4 aromatic rings. The van der Waals surface area contributed by atoms with Gasteiger partial charge in [-0.1, -0.05) is 52.3 Å². The Hall–Kier alpha value is -2.81. The Morgan fingerprint density at radius 1 is 0.906 bits per heavy atom. The van der Waals surface area contributed by atoms with Crippen LogP contribution in [0.5, 0.6) is 0 Å². The van der Waals surface area contributed by atoms with Crippen LogP contribution < -0.4 is 4.90 Å². The van der Waals surface area contributed by atoms with Crippen molar-refractivity contribution in [1.82, 2.24) is 0 Å². The molecule has 1 atom stereocenters. The van der Waals surface area contributed by atoms with E-state index in [2.05, 4.69) is 75.9 Å². The Morgan fingerprint density at radius 3 is 2.19 bits per heavy atom. The zero-order valence-corrected chi connectivity index (χ0v) is 20.1. The fourth-order valence-electron chi connectivity index (χ4n) is 4.48. The monoisotopic (exact) mass is 431 g/mol. The Bertz CT molecular complexity index is 1250. The molecular weight excluding hydrogens is 397 g/mol. The van der Waals surface area contributed by atoms with Crippen LogP contribution in [0.15, 0.2) is 59.0 Å². The third-order valence-electron chi connectivity index (χ3n) is 6.98. The van der Waals surface area contributed by atoms with Crippen molar-refractivity contribution >= 4 is 33.3 Å². The number of hydrogen-bond acceptors (Lipinski definition) is 2. The molecule has 0 aliphatic rings. The molecule has 168 valence electrons. The minimum atomic E-state index is -0.174. The van der Waals surface area contributed by atoms with Crippen LogP contribution in [0.2, 0.25) is 0 Å². The van der Waals surface area contributed by atoms with Gasteiger partial charge in [0.25, 0.3) is 0 Å². The van der Waals surface area contributed by atoms with Crippen LogP contribution in [0, 0.1) is 12.7 Å². The molecular formula is C29H34FNO. The zero-order chi connectivity index (χ0) is 23.0. The summed E-state index contributed by atoms with van der Waals surface area (Å²) < 4.78 is 20.8. The summed E-state index contributed by atoms with van der Waals surface area (Å²) in [6.07, 6.45) is 3.15. The highest BCUT2D eigenvalue weighted by molar-refractivity contribution is 6.06. The van der Waals surface area contributed by atoms with Crippen molar-refractivity contribution in [1.29, 1.82) is 0 Å². The number of halogens is 1. The minimum Gasteiger partial charge on any atom is -0.456 e. The van der Waals surface area contributed by atoms with E-state index in [0.717, 1.165) is 52.6 Å². The van der Waals surface area contributed by atoms with Crippen molar-refractivity contribution in [2.45, 2.75) is 72.3 Å². The number of fused-ring (bicyclic) bond motifs is 3. The van der Waals surface area contributed by atoms with Gasteiger partial charge >= 0.3 is 0 Å². The zero-order valence-electron chi connectivity index (χ0n) is 20.1. The largest absolute Gasteiger partial charge is 0.456 e. The van der Waals surface area contributed by atoms with Gasteiger partial charge in [-0.2, -0.15) is 0 Å².